The van der Waals surface area contributed by atoms with E-state index in [1.54, 1.807) is 0 Å². The van der Waals surface area contributed by atoms with Gasteiger partial charge in [0.05, 0.1) is 6.10 Å². The zero-order valence-electron chi connectivity index (χ0n) is 12.5. The number of aliphatic hydroxyl groups excluding tert-OH is 1. The van der Waals surface area contributed by atoms with Crippen molar-refractivity contribution in [1.82, 2.24) is 0 Å². The van der Waals surface area contributed by atoms with Crippen molar-refractivity contribution in [2.45, 2.75) is 59.5 Å². The maximum Gasteiger partial charge on any atom is 0.129 e. The molecule has 0 heterocycles. The molecule has 1 aliphatic rings. The van der Waals surface area contributed by atoms with Gasteiger partial charge in [0, 0.05) is 5.56 Å². The Hall–Kier alpha value is -0.890. The minimum Gasteiger partial charge on any atom is -0.388 e. The molecule has 19 heavy (non-hydrogen) atoms. The van der Waals surface area contributed by atoms with Gasteiger partial charge >= 0.3 is 0 Å². The second-order valence-corrected chi connectivity index (χ2v) is 6.92. The summed E-state index contributed by atoms with van der Waals surface area (Å²) in [4.78, 5) is 0. The molecule has 1 unspecified atom stereocenters. The molecule has 0 spiro atoms. The quantitative estimate of drug-likeness (QED) is 0.821. The summed E-state index contributed by atoms with van der Waals surface area (Å²) >= 11 is 0. The van der Waals surface area contributed by atoms with Gasteiger partial charge in [-0.3, -0.25) is 0 Å². The van der Waals surface area contributed by atoms with E-state index in [1.165, 1.54) is 6.07 Å². The van der Waals surface area contributed by atoms with Crippen LogP contribution in [0.25, 0.3) is 0 Å². The van der Waals surface area contributed by atoms with Crippen LogP contribution in [0.2, 0.25) is 0 Å². The molecule has 0 amide bonds. The Morgan fingerprint density at radius 3 is 2.32 bits per heavy atom. The van der Waals surface area contributed by atoms with Crippen LogP contribution in [0, 0.1) is 31.0 Å². The molecule has 1 aromatic carbocycles. The van der Waals surface area contributed by atoms with Crippen molar-refractivity contribution in [3.05, 3.63) is 34.6 Å². The number of aryl methyl sites for hydroxylation is 2. The highest BCUT2D eigenvalue weighted by molar-refractivity contribution is 5.34. The van der Waals surface area contributed by atoms with Crippen molar-refractivity contribution in [1.29, 1.82) is 0 Å². The second-order valence-electron chi connectivity index (χ2n) is 6.92. The molecule has 0 aliphatic heterocycles. The third-order valence-electron chi connectivity index (χ3n) is 4.61. The maximum atomic E-state index is 14.1. The van der Waals surface area contributed by atoms with Crippen LogP contribution in [-0.4, -0.2) is 5.11 Å². The van der Waals surface area contributed by atoms with Gasteiger partial charge in [-0.05, 0) is 68.1 Å². The van der Waals surface area contributed by atoms with Gasteiger partial charge in [0.25, 0.3) is 0 Å². The first-order valence-electron chi connectivity index (χ1n) is 7.25. The lowest BCUT2D eigenvalue weighted by Crippen LogP contribution is -2.26. The Labute approximate surface area is 115 Å². The van der Waals surface area contributed by atoms with E-state index >= 15 is 0 Å². The lowest BCUT2D eigenvalue weighted by Gasteiger charge is -2.36. The third-order valence-corrected chi connectivity index (χ3v) is 4.61. The Kier molecular flexibility index (Phi) is 4.00. The number of benzene rings is 1. The normalized spacial score (nSPS) is 21.4. The van der Waals surface area contributed by atoms with Crippen LogP contribution >= 0.6 is 0 Å². The van der Waals surface area contributed by atoms with Crippen molar-refractivity contribution in [3.63, 3.8) is 0 Å². The molecule has 106 valence electrons. The average Bonchev–Trinajstić information content (AvgIpc) is 2.27. The molecule has 2 heteroatoms. The summed E-state index contributed by atoms with van der Waals surface area (Å²) < 4.78 is 14.1. The van der Waals surface area contributed by atoms with Crippen molar-refractivity contribution in [2.24, 2.45) is 11.3 Å². The summed E-state index contributed by atoms with van der Waals surface area (Å²) in [5.74, 6) is -0.0567. The minimum atomic E-state index is -0.656. The molecule has 1 N–H and O–H groups in total. The Bertz CT molecular complexity index is 431. The van der Waals surface area contributed by atoms with Crippen molar-refractivity contribution in [2.75, 3.05) is 0 Å². The fourth-order valence-corrected chi connectivity index (χ4v) is 3.27. The summed E-state index contributed by atoms with van der Waals surface area (Å²) in [6.07, 6.45) is 3.54. The van der Waals surface area contributed by atoms with E-state index in [9.17, 15) is 9.50 Å². The van der Waals surface area contributed by atoms with Gasteiger partial charge < -0.3 is 5.11 Å². The largest absolute Gasteiger partial charge is 0.388 e. The van der Waals surface area contributed by atoms with Gasteiger partial charge in [-0.2, -0.15) is 0 Å². The Balaban J connectivity index is 2.19. The van der Waals surface area contributed by atoms with Crippen molar-refractivity contribution in [3.8, 4) is 0 Å². The minimum absolute atomic E-state index is 0.198. The highest BCUT2D eigenvalue weighted by atomic mass is 19.1. The molecule has 2 rings (SSSR count). The van der Waals surface area contributed by atoms with Gasteiger partial charge in [0.15, 0.2) is 0 Å². The summed E-state index contributed by atoms with van der Waals surface area (Å²) in [6, 6.07) is 3.48. The molecule has 1 nitrogen and oxygen atoms in total. The number of halogens is 1. The predicted octanol–water partition coefficient (Wildman–Crippen LogP) is 4.69. The van der Waals surface area contributed by atoms with E-state index < -0.39 is 6.10 Å². The molecule has 1 saturated carbocycles. The van der Waals surface area contributed by atoms with Crippen LogP contribution < -0.4 is 0 Å². The maximum absolute atomic E-state index is 14.1. The van der Waals surface area contributed by atoms with E-state index in [1.807, 2.05) is 19.9 Å². The molecule has 0 aromatic heterocycles. The van der Waals surface area contributed by atoms with E-state index in [0.717, 1.165) is 36.8 Å². The molecule has 0 bridgehead atoms. The van der Waals surface area contributed by atoms with Crippen molar-refractivity contribution >= 4 is 0 Å². The van der Waals surface area contributed by atoms with E-state index in [-0.39, 0.29) is 11.7 Å². The molecular formula is C17H25FO. The molecule has 1 atom stereocenters. The summed E-state index contributed by atoms with van der Waals surface area (Å²) in [5.41, 5.74) is 2.66. The summed E-state index contributed by atoms with van der Waals surface area (Å²) in [6.45, 7) is 8.32. The average molecular weight is 264 g/mol. The fourth-order valence-electron chi connectivity index (χ4n) is 3.27. The van der Waals surface area contributed by atoms with Crippen LogP contribution in [0.1, 0.15) is 62.3 Å². The third kappa shape index (κ3) is 3.17. The van der Waals surface area contributed by atoms with E-state index in [2.05, 4.69) is 13.8 Å². The topological polar surface area (TPSA) is 20.2 Å². The molecule has 1 aliphatic carbocycles. The first-order chi connectivity index (χ1) is 8.80. The Morgan fingerprint density at radius 2 is 1.79 bits per heavy atom. The van der Waals surface area contributed by atoms with Crippen LogP contribution in [-0.2, 0) is 0 Å². The summed E-state index contributed by atoms with van der Waals surface area (Å²) in [7, 11) is 0. The van der Waals surface area contributed by atoms with Crippen molar-refractivity contribution < 1.29 is 9.50 Å². The molecule has 0 radical (unpaired) electrons. The number of hydrogen-bond acceptors (Lipinski definition) is 1. The number of rotatable bonds is 2. The molecule has 0 saturated heterocycles. The molecule has 1 aromatic rings. The highest BCUT2D eigenvalue weighted by Crippen LogP contribution is 2.43. The van der Waals surface area contributed by atoms with Crippen LogP contribution in [0.5, 0.6) is 0 Å². The zero-order valence-corrected chi connectivity index (χ0v) is 12.5. The first-order valence-corrected chi connectivity index (χ1v) is 7.25. The van der Waals surface area contributed by atoms with Crippen LogP contribution in [0.3, 0.4) is 0 Å². The monoisotopic (exact) mass is 264 g/mol. The smallest absolute Gasteiger partial charge is 0.129 e. The highest BCUT2D eigenvalue weighted by Gasteiger charge is 2.32. The van der Waals surface area contributed by atoms with E-state index in [0.29, 0.717) is 11.0 Å². The lowest BCUT2D eigenvalue weighted by atomic mass is 9.70. The molecular weight excluding hydrogens is 239 g/mol. The van der Waals surface area contributed by atoms with Crippen LogP contribution in [0.4, 0.5) is 4.39 Å². The SMILES string of the molecule is Cc1cc(C)c(C(O)C2CCC(C)(C)CC2)c(F)c1. The Morgan fingerprint density at radius 1 is 1.21 bits per heavy atom. The van der Waals surface area contributed by atoms with E-state index in [4.69, 9.17) is 0 Å². The fraction of sp³-hybridized carbons (Fsp3) is 0.647. The van der Waals surface area contributed by atoms with Gasteiger partial charge in [0.1, 0.15) is 5.82 Å². The van der Waals surface area contributed by atoms with Gasteiger partial charge in [0.2, 0.25) is 0 Å². The number of hydrogen-bond donors (Lipinski definition) is 1. The standard InChI is InChI=1S/C17H25FO/c1-11-9-12(2)15(14(18)10-11)16(19)13-5-7-17(3,4)8-6-13/h9-10,13,16,19H,5-8H2,1-4H3. The summed E-state index contributed by atoms with van der Waals surface area (Å²) in [5, 5.41) is 10.5. The predicted molar refractivity (Wildman–Crippen MR) is 76.6 cm³/mol. The van der Waals surface area contributed by atoms with Gasteiger partial charge in [-0.1, -0.05) is 19.9 Å². The van der Waals surface area contributed by atoms with Gasteiger partial charge in [-0.25, -0.2) is 4.39 Å². The van der Waals surface area contributed by atoms with Gasteiger partial charge in [-0.15, -0.1) is 0 Å². The molecule has 1 fully saturated rings. The number of aliphatic hydroxyl groups is 1. The second kappa shape index (κ2) is 5.24. The van der Waals surface area contributed by atoms with Crippen LogP contribution in [0.15, 0.2) is 12.1 Å². The first kappa shape index (κ1) is 14.5. The zero-order chi connectivity index (χ0) is 14.2. The lowest BCUT2D eigenvalue weighted by molar-refractivity contribution is 0.0539.